The molecule has 6 heteroatoms. The van der Waals surface area contributed by atoms with Gasteiger partial charge in [0.15, 0.2) is 11.4 Å². The number of anilines is 1. The van der Waals surface area contributed by atoms with Gasteiger partial charge in [0, 0.05) is 12.3 Å². The monoisotopic (exact) mass is 243 g/mol. The van der Waals surface area contributed by atoms with E-state index < -0.39 is 0 Å². The minimum absolute atomic E-state index is 0.525. The Hall–Kier alpha value is -2.37. The van der Waals surface area contributed by atoms with Crippen LogP contribution in [0.3, 0.4) is 0 Å². The molecule has 0 saturated carbocycles. The first-order valence-electron chi connectivity index (χ1n) is 5.70. The zero-order valence-electron chi connectivity index (χ0n) is 10.2. The second kappa shape index (κ2) is 4.14. The van der Waals surface area contributed by atoms with Crippen molar-refractivity contribution in [3.8, 4) is 0 Å². The summed E-state index contributed by atoms with van der Waals surface area (Å²) in [5.41, 5.74) is 2.81. The first-order valence-corrected chi connectivity index (χ1v) is 5.70. The summed E-state index contributed by atoms with van der Waals surface area (Å²) in [5, 5.41) is 11.3. The van der Waals surface area contributed by atoms with E-state index in [0.29, 0.717) is 12.5 Å². The Bertz CT molecular complexity index is 685. The van der Waals surface area contributed by atoms with Gasteiger partial charge in [0.25, 0.3) is 0 Å². The number of aromatic nitrogens is 4. The molecule has 3 aromatic rings. The Morgan fingerprint density at radius 3 is 3.00 bits per heavy atom. The minimum atomic E-state index is 0.525. The third kappa shape index (κ3) is 1.92. The van der Waals surface area contributed by atoms with E-state index in [1.165, 1.54) is 0 Å². The van der Waals surface area contributed by atoms with E-state index in [9.17, 15) is 0 Å². The van der Waals surface area contributed by atoms with Crippen molar-refractivity contribution in [1.82, 2.24) is 19.8 Å². The summed E-state index contributed by atoms with van der Waals surface area (Å²) in [6, 6.07) is 5.84. The molecule has 18 heavy (non-hydrogen) atoms. The predicted octanol–water partition coefficient (Wildman–Crippen LogP) is 1.95. The van der Waals surface area contributed by atoms with Crippen LogP contribution in [0.5, 0.6) is 0 Å². The topological polar surface area (TPSA) is 68.2 Å². The highest BCUT2D eigenvalue weighted by Gasteiger charge is 2.06. The molecule has 0 aromatic carbocycles. The van der Waals surface area contributed by atoms with E-state index in [2.05, 4.69) is 20.6 Å². The highest BCUT2D eigenvalue weighted by atomic mass is 16.5. The van der Waals surface area contributed by atoms with Crippen molar-refractivity contribution in [1.29, 1.82) is 0 Å². The summed E-state index contributed by atoms with van der Waals surface area (Å²) in [6.45, 7) is 4.42. The molecule has 0 unspecified atom stereocenters. The van der Waals surface area contributed by atoms with Crippen molar-refractivity contribution < 1.29 is 4.52 Å². The number of rotatable bonds is 3. The van der Waals surface area contributed by atoms with Gasteiger partial charge in [-0.15, -0.1) is 5.10 Å². The molecular formula is C12H13N5O. The van der Waals surface area contributed by atoms with Gasteiger partial charge >= 0.3 is 0 Å². The fourth-order valence-corrected chi connectivity index (χ4v) is 1.78. The third-order valence-electron chi connectivity index (χ3n) is 2.65. The van der Waals surface area contributed by atoms with Crippen LogP contribution < -0.4 is 5.32 Å². The van der Waals surface area contributed by atoms with E-state index >= 15 is 0 Å². The molecule has 1 N–H and O–H groups in total. The van der Waals surface area contributed by atoms with E-state index in [1.807, 2.05) is 38.2 Å². The van der Waals surface area contributed by atoms with Gasteiger partial charge in [0.1, 0.15) is 0 Å². The molecule has 92 valence electrons. The molecule has 3 rings (SSSR count). The number of fused-ring (bicyclic) bond motifs is 1. The van der Waals surface area contributed by atoms with Crippen molar-refractivity contribution in [3.05, 3.63) is 41.4 Å². The smallest absolute Gasteiger partial charge is 0.243 e. The average molecular weight is 243 g/mol. The van der Waals surface area contributed by atoms with Crippen molar-refractivity contribution in [2.24, 2.45) is 0 Å². The van der Waals surface area contributed by atoms with Crippen molar-refractivity contribution in [2.45, 2.75) is 20.4 Å². The maximum absolute atomic E-state index is 5.11. The predicted molar refractivity (Wildman–Crippen MR) is 66.3 cm³/mol. The standard InChI is InChI=1S/C12H13N5O/c1-8-4-3-5-17-11(8)14-12(15-17)13-7-10-6-9(2)16-18-10/h3-6H,7H2,1-2H3,(H,13,15). The van der Waals surface area contributed by atoms with Gasteiger partial charge in [-0.1, -0.05) is 11.2 Å². The summed E-state index contributed by atoms with van der Waals surface area (Å²) < 4.78 is 6.86. The molecule has 3 heterocycles. The number of nitrogens with one attached hydrogen (secondary N) is 1. The van der Waals surface area contributed by atoms with Gasteiger partial charge in [-0.2, -0.15) is 4.98 Å². The second-order valence-electron chi connectivity index (χ2n) is 4.18. The normalized spacial score (nSPS) is 11.0. The maximum atomic E-state index is 5.11. The molecule has 0 aliphatic heterocycles. The van der Waals surface area contributed by atoms with Crippen LogP contribution in [0, 0.1) is 13.8 Å². The lowest BCUT2D eigenvalue weighted by Crippen LogP contribution is -2.00. The Morgan fingerprint density at radius 2 is 2.28 bits per heavy atom. The Kier molecular flexibility index (Phi) is 2.47. The maximum Gasteiger partial charge on any atom is 0.243 e. The SMILES string of the molecule is Cc1cc(CNc2nc3c(C)cccn3n2)on1. The molecule has 0 radical (unpaired) electrons. The summed E-state index contributed by atoms with van der Waals surface area (Å²) in [6.07, 6.45) is 1.87. The summed E-state index contributed by atoms with van der Waals surface area (Å²) >= 11 is 0. The summed E-state index contributed by atoms with van der Waals surface area (Å²) in [7, 11) is 0. The molecule has 0 aliphatic carbocycles. The second-order valence-corrected chi connectivity index (χ2v) is 4.18. The lowest BCUT2D eigenvalue weighted by molar-refractivity contribution is 0.384. The van der Waals surface area contributed by atoms with Gasteiger partial charge < -0.3 is 9.84 Å². The molecular weight excluding hydrogens is 230 g/mol. The van der Waals surface area contributed by atoms with Crippen LogP contribution in [0.2, 0.25) is 0 Å². The quantitative estimate of drug-likeness (QED) is 0.761. The highest BCUT2D eigenvalue weighted by Crippen LogP contribution is 2.11. The lowest BCUT2D eigenvalue weighted by Gasteiger charge is -1.95. The Morgan fingerprint density at radius 1 is 1.39 bits per heavy atom. The molecule has 3 aromatic heterocycles. The van der Waals surface area contributed by atoms with Crippen molar-refractivity contribution in [2.75, 3.05) is 5.32 Å². The number of hydrogen-bond acceptors (Lipinski definition) is 5. The van der Waals surface area contributed by atoms with Crippen LogP contribution in [-0.4, -0.2) is 19.8 Å². The molecule has 0 amide bonds. The fourth-order valence-electron chi connectivity index (χ4n) is 1.78. The van der Waals surface area contributed by atoms with Gasteiger partial charge in [0.05, 0.1) is 12.2 Å². The molecule has 0 fully saturated rings. The Balaban J connectivity index is 1.81. The molecule has 0 atom stereocenters. The summed E-state index contributed by atoms with van der Waals surface area (Å²) in [4.78, 5) is 4.41. The van der Waals surface area contributed by atoms with Crippen molar-refractivity contribution >= 4 is 11.6 Å². The fraction of sp³-hybridized carbons (Fsp3) is 0.250. The van der Waals surface area contributed by atoms with E-state index in [4.69, 9.17) is 4.52 Å². The lowest BCUT2D eigenvalue weighted by atomic mass is 10.3. The molecule has 6 nitrogen and oxygen atoms in total. The van der Waals surface area contributed by atoms with Gasteiger partial charge in [-0.3, -0.25) is 0 Å². The largest absolute Gasteiger partial charge is 0.359 e. The van der Waals surface area contributed by atoms with Crippen LogP contribution in [0.15, 0.2) is 28.9 Å². The molecule has 0 spiro atoms. The molecule has 0 bridgehead atoms. The average Bonchev–Trinajstić information content (AvgIpc) is 2.93. The summed E-state index contributed by atoms with van der Waals surface area (Å²) in [5.74, 6) is 1.35. The zero-order chi connectivity index (χ0) is 12.5. The van der Waals surface area contributed by atoms with Crippen LogP contribution in [0.25, 0.3) is 5.65 Å². The first-order chi connectivity index (χ1) is 8.72. The van der Waals surface area contributed by atoms with E-state index in [0.717, 1.165) is 22.7 Å². The highest BCUT2D eigenvalue weighted by molar-refractivity contribution is 5.49. The third-order valence-corrected chi connectivity index (χ3v) is 2.65. The van der Waals surface area contributed by atoms with Crippen LogP contribution in [0.1, 0.15) is 17.0 Å². The molecule has 0 saturated heterocycles. The molecule has 0 aliphatic rings. The zero-order valence-corrected chi connectivity index (χ0v) is 10.2. The van der Waals surface area contributed by atoms with E-state index in [-0.39, 0.29) is 0 Å². The van der Waals surface area contributed by atoms with E-state index in [1.54, 1.807) is 4.52 Å². The van der Waals surface area contributed by atoms with Gasteiger partial charge in [-0.05, 0) is 25.5 Å². The van der Waals surface area contributed by atoms with Gasteiger partial charge in [-0.25, -0.2) is 4.52 Å². The van der Waals surface area contributed by atoms with Crippen LogP contribution in [-0.2, 0) is 6.54 Å². The number of nitrogens with zero attached hydrogens (tertiary/aromatic N) is 4. The van der Waals surface area contributed by atoms with Gasteiger partial charge in [0.2, 0.25) is 5.95 Å². The van der Waals surface area contributed by atoms with Crippen molar-refractivity contribution in [3.63, 3.8) is 0 Å². The van der Waals surface area contributed by atoms with Crippen LogP contribution >= 0.6 is 0 Å². The van der Waals surface area contributed by atoms with Crippen LogP contribution in [0.4, 0.5) is 5.95 Å². The number of aryl methyl sites for hydroxylation is 2. The minimum Gasteiger partial charge on any atom is -0.359 e. The first kappa shape index (κ1) is 10.8. The number of pyridine rings is 1. The Labute approximate surface area is 104 Å². The number of hydrogen-bond donors (Lipinski definition) is 1.